The summed E-state index contributed by atoms with van der Waals surface area (Å²) >= 11 is 1.60. The summed E-state index contributed by atoms with van der Waals surface area (Å²) in [6.07, 6.45) is 2.00. The summed E-state index contributed by atoms with van der Waals surface area (Å²) in [5.41, 5.74) is 1.05. The van der Waals surface area contributed by atoms with Crippen LogP contribution in [-0.2, 0) is 11.3 Å². The zero-order chi connectivity index (χ0) is 11.4. The lowest BCUT2D eigenvalue weighted by Gasteiger charge is -2.04. The van der Waals surface area contributed by atoms with E-state index in [1.807, 2.05) is 16.0 Å². The molecule has 2 rings (SSSR count). The normalized spacial score (nSPS) is 11.1. The third-order valence-electron chi connectivity index (χ3n) is 2.29. The SMILES string of the molecule is COCCNCc1c(OC)nc2sccn12. The molecule has 5 nitrogen and oxygen atoms in total. The van der Waals surface area contributed by atoms with E-state index in [-0.39, 0.29) is 0 Å². The van der Waals surface area contributed by atoms with Gasteiger partial charge in [-0.25, -0.2) is 0 Å². The molecule has 0 amide bonds. The van der Waals surface area contributed by atoms with Gasteiger partial charge in [0, 0.05) is 31.8 Å². The molecule has 0 saturated heterocycles. The standard InChI is InChI=1S/C10H15N3O2S/c1-14-5-3-11-7-8-9(15-2)12-10-13(8)4-6-16-10/h4,6,11H,3,5,7H2,1-2H3. The van der Waals surface area contributed by atoms with Crippen LogP contribution in [0.2, 0.25) is 0 Å². The Hall–Kier alpha value is -1.11. The fourth-order valence-corrected chi connectivity index (χ4v) is 2.24. The van der Waals surface area contributed by atoms with Gasteiger partial charge in [0.1, 0.15) is 5.69 Å². The average molecular weight is 241 g/mol. The number of thiazole rings is 1. The maximum atomic E-state index is 5.25. The van der Waals surface area contributed by atoms with Crippen LogP contribution in [0, 0.1) is 0 Å². The molecule has 0 unspecified atom stereocenters. The molecule has 0 aliphatic rings. The monoisotopic (exact) mass is 241 g/mol. The Morgan fingerprint density at radius 1 is 1.50 bits per heavy atom. The van der Waals surface area contributed by atoms with Crippen LogP contribution in [0.1, 0.15) is 5.69 Å². The molecule has 0 atom stereocenters. The minimum atomic E-state index is 0.691. The smallest absolute Gasteiger partial charge is 0.237 e. The molecule has 88 valence electrons. The van der Waals surface area contributed by atoms with E-state index < -0.39 is 0 Å². The molecule has 2 heterocycles. The van der Waals surface area contributed by atoms with E-state index in [0.717, 1.165) is 23.7 Å². The van der Waals surface area contributed by atoms with E-state index >= 15 is 0 Å². The minimum Gasteiger partial charge on any atom is -0.480 e. The van der Waals surface area contributed by atoms with Crippen molar-refractivity contribution in [1.82, 2.24) is 14.7 Å². The maximum Gasteiger partial charge on any atom is 0.237 e. The van der Waals surface area contributed by atoms with Crippen molar-refractivity contribution in [3.63, 3.8) is 0 Å². The lowest BCUT2D eigenvalue weighted by atomic mass is 10.4. The molecule has 0 aliphatic carbocycles. The van der Waals surface area contributed by atoms with E-state index in [9.17, 15) is 0 Å². The van der Waals surface area contributed by atoms with E-state index in [2.05, 4.69) is 10.3 Å². The molecule has 2 aromatic rings. The van der Waals surface area contributed by atoms with Gasteiger partial charge in [-0.2, -0.15) is 4.98 Å². The van der Waals surface area contributed by atoms with Crippen molar-refractivity contribution in [2.45, 2.75) is 6.54 Å². The van der Waals surface area contributed by atoms with Crippen LogP contribution in [0.3, 0.4) is 0 Å². The van der Waals surface area contributed by atoms with Crippen LogP contribution in [0.4, 0.5) is 0 Å². The first-order valence-corrected chi connectivity index (χ1v) is 5.93. The molecule has 0 bridgehead atoms. The van der Waals surface area contributed by atoms with Crippen molar-refractivity contribution in [3.05, 3.63) is 17.3 Å². The van der Waals surface area contributed by atoms with Crippen molar-refractivity contribution in [3.8, 4) is 5.88 Å². The molecule has 2 aromatic heterocycles. The zero-order valence-corrected chi connectivity index (χ0v) is 10.2. The van der Waals surface area contributed by atoms with Gasteiger partial charge < -0.3 is 14.8 Å². The van der Waals surface area contributed by atoms with Crippen molar-refractivity contribution in [2.24, 2.45) is 0 Å². The summed E-state index contributed by atoms with van der Waals surface area (Å²) in [5, 5.41) is 5.30. The molecule has 0 fully saturated rings. The Balaban J connectivity index is 2.10. The van der Waals surface area contributed by atoms with Crippen molar-refractivity contribution < 1.29 is 9.47 Å². The number of aromatic nitrogens is 2. The highest BCUT2D eigenvalue weighted by molar-refractivity contribution is 7.15. The van der Waals surface area contributed by atoms with Gasteiger partial charge in [-0.05, 0) is 0 Å². The molecule has 6 heteroatoms. The van der Waals surface area contributed by atoms with Crippen LogP contribution in [0.25, 0.3) is 4.96 Å². The molecule has 0 saturated carbocycles. The quantitative estimate of drug-likeness (QED) is 0.770. The predicted octanol–water partition coefficient (Wildman–Crippen LogP) is 1.14. The number of methoxy groups -OCH3 is 2. The van der Waals surface area contributed by atoms with Gasteiger partial charge in [-0.3, -0.25) is 4.40 Å². The zero-order valence-electron chi connectivity index (χ0n) is 9.40. The molecule has 1 N–H and O–H groups in total. The Morgan fingerprint density at radius 2 is 2.38 bits per heavy atom. The van der Waals surface area contributed by atoms with Gasteiger partial charge in [0.05, 0.1) is 13.7 Å². The lowest BCUT2D eigenvalue weighted by molar-refractivity contribution is 0.199. The van der Waals surface area contributed by atoms with E-state index in [4.69, 9.17) is 9.47 Å². The van der Waals surface area contributed by atoms with Crippen LogP contribution in [0.5, 0.6) is 5.88 Å². The van der Waals surface area contributed by atoms with Crippen molar-refractivity contribution in [2.75, 3.05) is 27.4 Å². The second-order valence-electron chi connectivity index (χ2n) is 3.29. The van der Waals surface area contributed by atoms with Gasteiger partial charge in [0.15, 0.2) is 4.96 Å². The Bertz CT molecular complexity index is 452. The number of nitrogens with one attached hydrogen (secondary N) is 1. The van der Waals surface area contributed by atoms with Gasteiger partial charge in [-0.15, -0.1) is 11.3 Å². The van der Waals surface area contributed by atoms with E-state index in [0.29, 0.717) is 12.5 Å². The highest BCUT2D eigenvalue weighted by Crippen LogP contribution is 2.22. The summed E-state index contributed by atoms with van der Waals surface area (Å²) in [5.74, 6) is 0.691. The summed E-state index contributed by atoms with van der Waals surface area (Å²) < 4.78 is 12.3. The largest absolute Gasteiger partial charge is 0.480 e. The number of ether oxygens (including phenoxy) is 2. The first-order valence-electron chi connectivity index (χ1n) is 5.05. The highest BCUT2D eigenvalue weighted by atomic mass is 32.1. The number of nitrogens with zero attached hydrogens (tertiary/aromatic N) is 2. The molecular formula is C10H15N3O2S. The predicted molar refractivity (Wildman–Crippen MR) is 63.2 cm³/mol. The number of imidazole rings is 1. The number of fused-ring (bicyclic) bond motifs is 1. The molecule has 0 radical (unpaired) electrons. The van der Waals surface area contributed by atoms with Crippen LogP contribution >= 0.6 is 11.3 Å². The summed E-state index contributed by atoms with van der Waals surface area (Å²) in [6, 6.07) is 0. The minimum absolute atomic E-state index is 0.691. The highest BCUT2D eigenvalue weighted by Gasteiger charge is 2.12. The van der Waals surface area contributed by atoms with E-state index in [1.165, 1.54) is 0 Å². The van der Waals surface area contributed by atoms with Crippen LogP contribution in [-0.4, -0.2) is 36.8 Å². The van der Waals surface area contributed by atoms with Crippen LogP contribution < -0.4 is 10.1 Å². The molecule has 0 aromatic carbocycles. The topological polar surface area (TPSA) is 47.8 Å². The van der Waals surface area contributed by atoms with Gasteiger partial charge in [0.25, 0.3) is 0 Å². The number of hydrogen-bond acceptors (Lipinski definition) is 5. The summed E-state index contributed by atoms with van der Waals surface area (Å²) in [6.45, 7) is 2.25. The van der Waals surface area contributed by atoms with Crippen molar-refractivity contribution >= 4 is 16.3 Å². The third-order valence-corrected chi connectivity index (χ3v) is 3.05. The fourth-order valence-electron chi connectivity index (χ4n) is 1.52. The first kappa shape index (κ1) is 11.4. The first-order chi connectivity index (χ1) is 7.86. The Labute approximate surface area is 98.0 Å². The van der Waals surface area contributed by atoms with Crippen molar-refractivity contribution in [1.29, 1.82) is 0 Å². The van der Waals surface area contributed by atoms with Crippen LogP contribution in [0.15, 0.2) is 11.6 Å². The average Bonchev–Trinajstić information content (AvgIpc) is 2.85. The molecule has 0 spiro atoms. The Kier molecular flexibility index (Phi) is 3.76. The number of hydrogen-bond donors (Lipinski definition) is 1. The Morgan fingerprint density at radius 3 is 3.12 bits per heavy atom. The second kappa shape index (κ2) is 5.29. The van der Waals surface area contributed by atoms with Gasteiger partial charge in [-0.1, -0.05) is 0 Å². The second-order valence-corrected chi connectivity index (χ2v) is 4.17. The summed E-state index contributed by atoms with van der Waals surface area (Å²) in [4.78, 5) is 5.34. The molecular weight excluding hydrogens is 226 g/mol. The third kappa shape index (κ3) is 2.18. The molecule has 16 heavy (non-hydrogen) atoms. The maximum absolute atomic E-state index is 5.25. The summed E-state index contributed by atoms with van der Waals surface area (Å²) in [7, 11) is 3.34. The lowest BCUT2D eigenvalue weighted by Crippen LogP contribution is -2.19. The van der Waals surface area contributed by atoms with Gasteiger partial charge in [0.2, 0.25) is 5.88 Å². The molecule has 0 aliphatic heterocycles. The number of rotatable bonds is 6. The van der Waals surface area contributed by atoms with E-state index in [1.54, 1.807) is 25.6 Å². The fraction of sp³-hybridized carbons (Fsp3) is 0.500. The van der Waals surface area contributed by atoms with Gasteiger partial charge >= 0.3 is 0 Å².